The van der Waals surface area contributed by atoms with Crippen LogP contribution in [-0.2, 0) is 6.54 Å². The van der Waals surface area contributed by atoms with Crippen molar-refractivity contribution in [2.75, 3.05) is 41.6 Å². The van der Waals surface area contributed by atoms with Gasteiger partial charge in [-0.1, -0.05) is 6.07 Å². The standard InChI is InChI=1S/C22H28N2O6/c1-14(16-11-19(26-3)21(28-5)20(12-16)27-4)23-22(25)24(2)13-15-6-7-17-18(10-15)30-9-8-29-17/h6-7,10-12,14H,8-9,13H2,1-5H3,(H,23,25). The van der Waals surface area contributed by atoms with Crippen LogP contribution in [0.1, 0.15) is 24.1 Å². The zero-order valence-corrected chi connectivity index (χ0v) is 18.0. The van der Waals surface area contributed by atoms with Gasteiger partial charge in [0.05, 0.1) is 27.4 Å². The second-order valence-electron chi connectivity index (χ2n) is 6.96. The molecular weight excluding hydrogens is 388 g/mol. The molecule has 2 aromatic rings. The Bertz CT molecular complexity index is 876. The van der Waals surface area contributed by atoms with E-state index in [1.807, 2.05) is 37.3 Å². The van der Waals surface area contributed by atoms with Gasteiger partial charge >= 0.3 is 6.03 Å². The zero-order valence-electron chi connectivity index (χ0n) is 18.0. The Labute approximate surface area is 176 Å². The summed E-state index contributed by atoms with van der Waals surface area (Å²) in [5.74, 6) is 3.03. The van der Waals surface area contributed by atoms with Crippen LogP contribution < -0.4 is 29.0 Å². The third kappa shape index (κ3) is 4.64. The highest BCUT2D eigenvalue weighted by Crippen LogP contribution is 2.39. The molecule has 8 heteroatoms. The molecule has 1 aliphatic rings. The van der Waals surface area contributed by atoms with E-state index in [1.54, 1.807) is 33.3 Å². The maximum Gasteiger partial charge on any atom is 0.317 e. The fourth-order valence-corrected chi connectivity index (χ4v) is 3.26. The normalized spacial score (nSPS) is 13.2. The first kappa shape index (κ1) is 21.4. The maximum atomic E-state index is 12.7. The average Bonchev–Trinajstić information content (AvgIpc) is 2.77. The van der Waals surface area contributed by atoms with Crippen LogP contribution in [0.25, 0.3) is 0 Å². The molecule has 30 heavy (non-hydrogen) atoms. The van der Waals surface area contributed by atoms with Gasteiger partial charge in [0.25, 0.3) is 0 Å². The van der Waals surface area contributed by atoms with E-state index in [9.17, 15) is 4.79 Å². The van der Waals surface area contributed by atoms with Crippen molar-refractivity contribution < 1.29 is 28.5 Å². The maximum absolute atomic E-state index is 12.7. The van der Waals surface area contributed by atoms with E-state index in [1.165, 1.54) is 0 Å². The Morgan fingerprint density at radius 1 is 1.03 bits per heavy atom. The van der Waals surface area contributed by atoms with Crippen LogP contribution in [0, 0.1) is 0 Å². The van der Waals surface area contributed by atoms with E-state index in [-0.39, 0.29) is 12.1 Å². The van der Waals surface area contributed by atoms with E-state index >= 15 is 0 Å². The number of amides is 2. The Kier molecular flexibility index (Phi) is 6.76. The van der Waals surface area contributed by atoms with Crippen molar-refractivity contribution in [3.05, 3.63) is 41.5 Å². The molecule has 1 atom stereocenters. The van der Waals surface area contributed by atoms with Crippen molar-refractivity contribution in [2.45, 2.75) is 19.5 Å². The SMILES string of the molecule is COc1cc(C(C)NC(=O)N(C)Cc2ccc3c(c2)OCCO3)cc(OC)c1OC. The van der Waals surface area contributed by atoms with Crippen LogP contribution in [0.5, 0.6) is 28.7 Å². The third-order valence-corrected chi connectivity index (χ3v) is 4.90. The van der Waals surface area contributed by atoms with Crippen LogP contribution in [0.15, 0.2) is 30.3 Å². The molecule has 0 fully saturated rings. The number of rotatable bonds is 7. The number of nitrogens with zero attached hydrogens (tertiary/aromatic N) is 1. The van der Waals surface area contributed by atoms with Crippen molar-refractivity contribution in [3.63, 3.8) is 0 Å². The minimum Gasteiger partial charge on any atom is -0.493 e. The lowest BCUT2D eigenvalue weighted by molar-refractivity contribution is 0.171. The third-order valence-electron chi connectivity index (χ3n) is 4.90. The van der Waals surface area contributed by atoms with Gasteiger partial charge in [0.15, 0.2) is 23.0 Å². The van der Waals surface area contributed by atoms with Gasteiger partial charge in [-0.15, -0.1) is 0 Å². The molecule has 0 radical (unpaired) electrons. The van der Waals surface area contributed by atoms with Crippen LogP contribution in [-0.4, -0.2) is 52.5 Å². The van der Waals surface area contributed by atoms with Gasteiger partial charge in [-0.2, -0.15) is 0 Å². The molecule has 0 aliphatic carbocycles. The molecule has 0 saturated heterocycles. The summed E-state index contributed by atoms with van der Waals surface area (Å²) in [6, 6.07) is 8.88. The van der Waals surface area contributed by atoms with Crippen LogP contribution in [0.3, 0.4) is 0 Å². The molecule has 2 aromatic carbocycles. The van der Waals surface area contributed by atoms with Gasteiger partial charge < -0.3 is 33.9 Å². The Morgan fingerprint density at radius 2 is 1.67 bits per heavy atom. The second kappa shape index (κ2) is 9.47. The van der Waals surface area contributed by atoms with E-state index in [4.69, 9.17) is 23.7 Å². The monoisotopic (exact) mass is 416 g/mol. The summed E-state index contributed by atoms with van der Waals surface area (Å²) in [5, 5.41) is 3.00. The number of nitrogens with one attached hydrogen (secondary N) is 1. The summed E-state index contributed by atoms with van der Waals surface area (Å²) in [5.41, 5.74) is 1.79. The van der Waals surface area contributed by atoms with Crippen molar-refractivity contribution in [1.29, 1.82) is 0 Å². The summed E-state index contributed by atoms with van der Waals surface area (Å²) in [6.07, 6.45) is 0. The zero-order chi connectivity index (χ0) is 21.7. The molecule has 1 N–H and O–H groups in total. The molecule has 0 aromatic heterocycles. The Balaban J connectivity index is 1.67. The topological polar surface area (TPSA) is 78.5 Å². The molecule has 0 saturated carbocycles. The number of ether oxygens (including phenoxy) is 5. The lowest BCUT2D eigenvalue weighted by Gasteiger charge is -2.24. The fraction of sp³-hybridized carbons (Fsp3) is 0.409. The van der Waals surface area contributed by atoms with Crippen molar-refractivity contribution >= 4 is 6.03 Å². The van der Waals surface area contributed by atoms with Crippen molar-refractivity contribution in [1.82, 2.24) is 10.2 Å². The van der Waals surface area contributed by atoms with Gasteiger partial charge in [0.2, 0.25) is 5.75 Å². The van der Waals surface area contributed by atoms with Crippen LogP contribution >= 0.6 is 0 Å². The molecule has 1 aliphatic heterocycles. The average molecular weight is 416 g/mol. The summed E-state index contributed by atoms with van der Waals surface area (Å²) in [6.45, 7) is 3.41. The predicted molar refractivity (Wildman–Crippen MR) is 112 cm³/mol. The molecule has 0 bridgehead atoms. The second-order valence-corrected chi connectivity index (χ2v) is 6.96. The van der Waals surface area contributed by atoms with Gasteiger partial charge in [0, 0.05) is 13.6 Å². The number of hydrogen-bond donors (Lipinski definition) is 1. The Hall–Kier alpha value is -3.29. The molecular formula is C22H28N2O6. The van der Waals surface area contributed by atoms with Crippen LogP contribution in [0.2, 0.25) is 0 Å². The van der Waals surface area contributed by atoms with Gasteiger partial charge in [-0.3, -0.25) is 0 Å². The first-order chi connectivity index (χ1) is 14.5. The van der Waals surface area contributed by atoms with E-state index in [2.05, 4.69) is 5.32 Å². The minimum atomic E-state index is -0.270. The number of urea groups is 1. The molecule has 0 spiro atoms. The minimum absolute atomic E-state index is 0.203. The smallest absolute Gasteiger partial charge is 0.317 e. The summed E-state index contributed by atoms with van der Waals surface area (Å²) < 4.78 is 27.3. The molecule has 162 valence electrons. The predicted octanol–water partition coefficient (Wildman–Crippen LogP) is 3.39. The number of hydrogen-bond acceptors (Lipinski definition) is 6. The number of carbonyl (C=O) groups is 1. The highest BCUT2D eigenvalue weighted by atomic mass is 16.6. The Morgan fingerprint density at radius 3 is 2.27 bits per heavy atom. The summed E-state index contributed by atoms with van der Waals surface area (Å²) >= 11 is 0. The van der Waals surface area contributed by atoms with Gasteiger partial charge in [-0.05, 0) is 42.3 Å². The van der Waals surface area contributed by atoms with Crippen LogP contribution in [0.4, 0.5) is 4.79 Å². The molecule has 2 amide bonds. The van der Waals surface area contributed by atoms with E-state index < -0.39 is 0 Å². The first-order valence-corrected chi connectivity index (χ1v) is 9.66. The quantitative estimate of drug-likeness (QED) is 0.746. The fourth-order valence-electron chi connectivity index (χ4n) is 3.26. The molecule has 1 heterocycles. The number of carbonyl (C=O) groups excluding carboxylic acids is 1. The summed E-state index contributed by atoms with van der Waals surface area (Å²) in [4.78, 5) is 14.3. The molecule has 3 rings (SSSR count). The van der Waals surface area contributed by atoms with E-state index in [0.29, 0.717) is 42.8 Å². The van der Waals surface area contributed by atoms with Crippen molar-refractivity contribution in [2.24, 2.45) is 0 Å². The van der Waals surface area contributed by atoms with E-state index in [0.717, 1.165) is 16.9 Å². The van der Waals surface area contributed by atoms with Gasteiger partial charge in [0.1, 0.15) is 13.2 Å². The summed E-state index contributed by atoms with van der Waals surface area (Å²) in [7, 11) is 6.42. The lowest BCUT2D eigenvalue weighted by Crippen LogP contribution is -2.38. The largest absolute Gasteiger partial charge is 0.493 e. The number of benzene rings is 2. The van der Waals surface area contributed by atoms with Crippen molar-refractivity contribution in [3.8, 4) is 28.7 Å². The highest BCUT2D eigenvalue weighted by molar-refractivity contribution is 5.74. The molecule has 8 nitrogen and oxygen atoms in total. The first-order valence-electron chi connectivity index (χ1n) is 9.66. The van der Waals surface area contributed by atoms with Gasteiger partial charge in [-0.25, -0.2) is 4.79 Å². The number of fused-ring (bicyclic) bond motifs is 1. The highest BCUT2D eigenvalue weighted by Gasteiger charge is 2.19. The molecule has 1 unspecified atom stereocenters. The number of methoxy groups -OCH3 is 3. The lowest BCUT2D eigenvalue weighted by atomic mass is 10.1.